The molecule has 2 amide bonds. The summed E-state index contributed by atoms with van der Waals surface area (Å²) in [6, 6.07) is 6.99. The smallest absolute Gasteiger partial charge is 0.326 e. The number of carboxylic acid groups (broad SMARTS) is 2. The molecular weight excluding hydrogens is 630 g/mol. The number of nitrogens with zero attached hydrogens (tertiary/aromatic N) is 2. The van der Waals surface area contributed by atoms with E-state index in [1.165, 1.54) is 15.9 Å². The third-order valence-electron chi connectivity index (χ3n) is 6.96. The van der Waals surface area contributed by atoms with Gasteiger partial charge in [-0.3, -0.25) is 4.79 Å². The van der Waals surface area contributed by atoms with Crippen LogP contribution in [0.4, 0.5) is 10.5 Å². The zero-order valence-electron chi connectivity index (χ0n) is 22.8. The van der Waals surface area contributed by atoms with Crippen molar-refractivity contribution in [1.29, 1.82) is 0 Å². The van der Waals surface area contributed by atoms with Gasteiger partial charge in [0.1, 0.15) is 27.7 Å². The number of sulfonamides is 2. The lowest BCUT2D eigenvalue weighted by atomic mass is 10.1. The highest BCUT2D eigenvalue weighted by atomic mass is 35.5. The van der Waals surface area contributed by atoms with Crippen LogP contribution in [0.1, 0.15) is 25.3 Å². The van der Waals surface area contributed by atoms with Crippen molar-refractivity contribution in [3.8, 4) is 5.75 Å². The molecule has 0 aliphatic carbocycles. The molecule has 6 N–H and O–H groups in total. The third-order valence-corrected chi connectivity index (χ3v) is 9.85. The largest absolute Gasteiger partial charge is 0.488 e. The second kappa shape index (κ2) is 12.5. The SMILES string of the molecule is CCN(CCC(=O)O)C(=O)N1CC(Oc2ccc(CC3Nc4cc(Cl)c(S(N)(=O)=O)cc4S(=O)(=O)N3)cc2)C[C@H]1C(=O)O. The van der Waals surface area contributed by atoms with E-state index in [0.29, 0.717) is 11.3 Å². The van der Waals surface area contributed by atoms with E-state index >= 15 is 0 Å². The van der Waals surface area contributed by atoms with Crippen molar-refractivity contribution < 1.29 is 46.2 Å². The van der Waals surface area contributed by atoms with Crippen LogP contribution in [-0.2, 0) is 36.1 Å². The van der Waals surface area contributed by atoms with E-state index in [9.17, 15) is 36.3 Å². The lowest BCUT2D eigenvalue weighted by Crippen LogP contribution is -2.48. The molecule has 2 aliphatic heterocycles. The predicted molar refractivity (Wildman–Crippen MR) is 153 cm³/mol. The predicted octanol–water partition coefficient (Wildman–Crippen LogP) is 1.08. The number of hydrogen-bond acceptors (Lipinski definition) is 9. The molecule has 3 atom stereocenters. The van der Waals surface area contributed by atoms with Crippen LogP contribution in [0.5, 0.6) is 5.75 Å². The maximum absolute atomic E-state index is 13.0. The standard InChI is InChI=1S/C25H30ClN5O10S2/c1-2-30(8-7-23(32)33)25(36)31-13-16(10-19(31)24(34)35)41-15-5-3-14(4-6-15)9-22-28-18-11-17(26)20(42(27,37)38)12-21(18)43(39,40)29-22/h3-6,11-12,16,19,22,28-29H,2,7-10,13H2,1H3,(H,32,33)(H,34,35)(H2,27,37,38)/t16?,19-,22?/m0/s1. The molecule has 43 heavy (non-hydrogen) atoms. The van der Waals surface area contributed by atoms with Gasteiger partial charge in [-0.05, 0) is 36.8 Å². The number of carbonyl (C=O) groups excluding carboxylic acids is 1. The number of carboxylic acids is 2. The molecule has 2 unspecified atom stereocenters. The number of nitrogens with two attached hydrogens (primary N) is 1. The Kier molecular flexibility index (Phi) is 9.41. The van der Waals surface area contributed by atoms with E-state index in [0.717, 1.165) is 6.07 Å². The van der Waals surface area contributed by atoms with Crippen LogP contribution in [-0.4, -0.2) is 92.8 Å². The number of amides is 2. The van der Waals surface area contributed by atoms with Crippen molar-refractivity contribution in [1.82, 2.24) is 14.5 Å². The molecule has 1 saturated heterocycles. The summed E-state index contributed by atoms with van der Waals surface area (Å²) >= 11 is 6.03. The van der Waals surface area contributed by atoms with E-state index < -0.39 is 61.2 Å². The van der Waals surface area contributed by atoms with Crippen molar-refractivity contribution in [2.24, 2.45) is 5.14 Å². The highest BCUT2D eigenvalue weighted by Crippen LogP contribution is 2.34. The van der Waals surface area contributed by atoms with Gasteiger partial charge in [-0.15, -0.1) is 0 Å². The number of urea groups is 1. The minimum Gasteiger partial charge on any atom is -0.488 e. The van der Waals surface area contributed by atoms with E-state index in [-0.39, 0.29) is 54.5 Å². The van der Waals surface area contributed by atoms with Crippen LogP contribution >= 0.6 is 11.6 Å². The second-order valence-corrected chi connectivity index (χ2v) is 13.6. The van der Waals surface area contributed by atoms with Gasteiger partial charge in [0, 0.05) is 25.9 Å². The first-order valence-electron chi connectivity index (χ1n) is 13.0. The van der Waals surface area contributed by atoms with Crippen LogP contribution in [0.25, 0.3) is 0 Å². The summed E-state index contributed by atoms with van der Waals surface area (Å²) in [5, 5.41) is 26.5. The van der Waals surface area contributed by atoms with Crippen molar-refractivity contribution in [3.05, 3.63) is 47.0 Å². The lowest BCUT2D eigenvalue weighted by Gasteiger charge is -2.29. The molecule has 0 aromatic heterocycles. The summed E-state index contributed by atoms with van der Waals surface area (Å²) in [7, 11) is -8.36. The Hall–Kier alpha value is -3.64. The molecule has 1 fully saturated rings. The van der Waals surface area contributed by atoms with Gasteiger partial charge in [-0.25, -0.2) is 31.6 Å². The van der Waals surface area contributed by atoms with Gasteiger partial charge < -0.3 is 30.1 Å². The average Bonchev–Trinajstić information content (AvgIpc) is 3.32. The molecule has 2 aromatic rings. The Morgan fingerprint density at radius 1 is 1.19 bits per heavy atom. The maximum atomic E-state index is 13.0. The fraction of sp³-hybridized carbons (Fsp3) is 0.400. The summed E-state index contributed by atoms with van der Waals surface area (Å²) < 4.78 is 57.6. The second-order valence-electron chi connectivity index (χ2n) is 9.98. The van der Waals surface area contributed by atoms with Crippen LogP contribution in [0.2, 0.25) is 5.02 Å². The minimum atomic E-state index is -4.25. The number of anilines is 1. The van der Waals surface area contributed by atoms with Gasteiger partial charge in [0.05, 0.1) is 29.8 Å². The van der Waals surface area contributed by atoms with Crippen molar-refractivity contribution >= 4 is 55.3 Å². The summed E-state index contributed by atoms with van der Waals surface area (Å²) in [4.78, 5) is 37.4. The first-order chi connectivity index (χ1) is 20.1. The third kappa shape index (κ3) is 7.48. The highest BCUT2D eigenvalue weighted by molar-refractivity contribution is 7.90. The summed E-state index contributed by atoms with van der Waals surface area (Å²) in [5.41, 5.74) is 0.811. The van der Waals surface area contributed by atoms with Crippen LogP contribution < -0.4 is 19.9 Å². The zero-order chi connectivity index (χ0) is 31.7. The van der Waals surface area contributed by atoms with E-state index in [1.807, 2.05) is 0 Å². The Morgan fingerprint density at radius 2 is 1.86 bits per heavy atom. The molecule has 2 aliphatic rings. The maximum Gasteiger partial charge on any atom is 0.326 e. The highest BCUT2D eigenvalue weighted by Gasteiger charge is 2.42. The van der Waals surface area contributed by atoms with Crippen molar-refractivity contribution in [2.45, 2.75) is 54.3 Å². The van der Waals surface area contributed by atoms with Gasteiger partial charge in [0.15, 0.2) is 0 Å². The molecule has 0 bridgehead atoms. The first kappa shape index (κ1) is 32.3. The fourth-order valence-corrected chi connectivity index (χ4v) is 7.41. The molecule has 2 aromatic carbocycles. The first-order valence-corrected chi connectivity index (χ1v) is 16.4. The number of fused-ring (bicyclic) bond motifs is 1. The Morgan fingerprint density at radius 3 is 2.44 bits per heavy atom. The number of ether oxygens (including phenoxy) is 1. The summed E-state index contributed by atoms with van der Waals surface area (Å²) in [6.45, 7) is 1.82. The summed E-state index contributed by atoms with van der Waals surface area (Å²) in [5.74, 6) is -1.87. The van der Waals surface area contributed by atoms with Gasteiger partial charge in [-0.1, -0.05) is 23.7 Å². The number of aliphatic carboxylic acids is 2. The molecule has 2 heterocycles. The molecule has 0 spiro atoms. The number of rotatable bonds is 10. The molecule has 0 radical (unpaired) electrons. The average molecular weight is 660 g/mol. The number of nitrogens with one attached hydrogen (secondary N) is 2. The molecule has 4 rings (SSSR count). The number of carbonyl (C=O) groups is 3. The summed E-state index contributed by atoms with van der Waals surface area (Å²) in [6.07, 6.45) is -1.49. The normalized spacial score (nSPS) is 21.0. The van der Waals surface area contributed by atoms with Crippen LogP contribution in [0, 0.1) is 0 Å². The van der Waals surface area contributed by atoms with Crippen molar-refractivity contribution in [3.63, 3.8) is 0 Å². The number of primary sulfonamides is 1. The molecule has 234 valence electrons. The molecular formula is C25H30ClN5O10S2. The van der Waals surface area contributed by atoms with Crippen LogP contribution in [0.3, 0.4) is 0 Å². The van der Waals surface area contributed by atoms with Gasteiger partial charge in [0.2, 0.25) is 20.0 Å². The van der Waals surface area contributed by atoms with Gasteiger partial charge in [0.25, 0.3) is 0 Å². The van der Waals surface area contributed by atoms with Crippen molar-refractivity contribution in [2.75, 3.05) is 25.0 Å². The zero-order valence-corrected chi connectivity index (χ0v) is 25.2. The number of likely N-dealkylation sites (tertiary alicyclic amines) is 1. The monoisotopic (exact) mass is 659 g/mol. The Balaban J connectivity index is 1.42. The molecule has 18 heteroatoms. The molecule has 0 saturated carbocycles. The minimum absolute atomic E-state index is 0.00988. The lowest BCUT2D eigenvalue weighted by molar-refractivity contribution is -0.142. The quantitative estimate of drug-likeness (QED) is 0.242. The molecule has 15 nitrogen and oxygen atoms in total. The fourth-order valence-electron chi connectivity index (χ4n) is 4.91. The number of benzene rings is 2. The Bertz CT molecular complexity index is 1640. The van der Waals surface area contributed by atoms with E-state index in [1.54, 1.807) is 31.2 Å². The Labute approximate surface area is 252 Å². The van der Waals surface area contributed by atoms with E-state index in [2.05, 4.69) is 10.0 Å². The van der Waals surface area contributed by atoms with Crippen LogP contribution in [0.15, 0.2) is 46.2 Å². The number of hydrogen-bond donors (Lipinski definition) is 5. The topological polar surface area (TPSA) is 226 Å². The van der Waals surface area contributed by atoms with Gasteiger partial charge in [-0.2, -0.15) is 4.72 Å². The number of halogens is 1. The van der Waals surface area contributed by atoms with E-state index in [4.69, 9.17) is 26.6 Å². The van der Waals surface area contributed by atoms with Gasteiger partial charge >= 0.3 is 18.0 Å².